The fourth-order valence-corrected chi connectivity index (χ4v) is 4.00. The first kappa shape index (κ1) is 19.8. The highest BCUT2D eigenvalue weighted by atomic mass is 16.5. The summed E-state index contributed by atoms with van der Waals surface area (Å²) >= 11 is 0. The number of anilines is 1. The number of methoxy groups -OCH3 is 1. The molecule has 1 aliphatic rings. The SMILES string of the molecule is COC(=O)c1ccc(CCC(=O)c2[nH]nc3c2C(C)(C)Cc2cnc(N)nc2-3)cc1. The van der Waals surface area contributed by atoms with E-state index in [1.54, 1.807) is 18.3 Å². The lowest BCUT2D eigenvalue weighted by Crippen LogP contribution is -2.28. The Labute approximate surface area is 173 Å². The molecule has 0 atom stereocenters. The van der Waals surface area contributed by atoms with Crippen molar-refractivity contribution in [1.82, 2.24) is 20.2 Å². The van der Waals surface area contributed by atoms with E-state index in [-0.39, 0.29) is 23.1 Å². The monoisotopic (exact) mass is 405 g/mol. The van der Waals surface area contributed by atoms with Crippen LogP contribution in [0, 0.1) is 0 Å². The molecule has 0 aliphatic heterocycles. The van der Waals surface area contributed by atoms with Gasteiger partial charge in [-0.3, -0.25) is 9.89 Å². The molecule has 154 valence electrons. The molecule has 0 fully saturated rings. The molecule has 2 aromatic heterocycles. The van der Waals surface area contributed by atoms with Crippen LogP contribution in [0.2, 0.25) is 0 Å². The number of aromatic nitrogens is 4. The van der Waals surface area contributed by atoms with E-state index in [9.17, 15) is 9.59 Å². The summed E-state index contributed by atoms with van der Waals surface area (Å²) in [5, 5.41) is 7.35. The van der Waals surface area contributed by atoms with E-state index >= 15 is 0 Å². The Kier molecular flexibility index (Phi) is 4.85. The lowest BCUT2D eigenvalue weighted by Gasteiger charge is -2.30. The fourth-order valence-electron chi connectivity index (χ4n) is 4.00. The van der Waals surface area contributed by atoms with Crippen LogP contribution < -0.4 is 5.73 Å². The third-order valence-corrected chi connectivity index (χ3v) is 5.48. The number of hydrogen-bond acceptors (Lipinski definition) is 7. The van der Waals surface area contributed by atoms with Crippen molar-refractivity contribution in [3.63, 3.8) is 0 Å². The van der Waals surface area contributed by atoms with Crippen LogP contribution in [0.5, 0.6) is 0 Å². The van der Waals surface area contributed by atoms with Gasteiger partial charge in [0, 0.05) is 18.2 Å². The number of nitrogens with one attached hydrogen (secondary N) is 1. The highest BCUT2D eigenvalue weighted by Gasteiger charge is 2.38. The minimum absolute atomic E-state index is 0.0145. The second-order valence-corrected chi connectivity index (χ2v) is 8.10. The summed E-state index contributed by atoms with van der Waals surface area (Å²) in [4.78, 5) is 33.0. The van der Waals surface area contributed by atoms with E-state index in [4.69, 9.17) is 10.5 Å². The second-order valence-electron chi connectivity index (χ2n) is 8.10. The number of carbonyl (C=O) groups excluding carboxylic acids is 2. The van der Waals surface area contributed by atoms with Crippen LogP contribution in [0.25, 0.3) is 11.4 Å². The maximum Gasteiger partial charge on any atom is 0.337 e. The number of H-pyrrole nitrogens is 1. The summed E-state index contributed by atoms with van der Waals surface area (Å²) < 4.78 is 4.71. The quantitative estimate of drug-likeness (QED) is 0.494. The number of Topliss-reactive ketones (excluding diaryl/α,β-unsaturated/α-hetero) is 1. The van der Waals surface area contributed by atoms with Gasteiger partial charge >= 0.3 is 5.97 Å². The molecule has 0 bridgehead atoms. The first-order chi connectivity index (χ1) is 14.3. The standard InChI is InChI=1S/C22H23N5O3/c1-22(2)10-14-11-24-21(23)25-17(14)19-16(22)18(26-27-19)15(28)9-6-12-4-7-13(8-5-12)20(29)30-3/h4-5,7-8,11H,6,9-10H2,1-3H3,(H,26,27)(H2,23,24,25). The van der Waals surface area contributed by atoms with E-state index in [2.05, 4.69) is 34.0 Å². The zero-order valence-electron chi connectivity index (χ0n) is 17.2. The molecule has 0 spiro atoms. The molecule has 2 heterocycles. The van der Waals surface area contributed by atoms with Crippen molar-refractivity contribution in [3.8, 4) is 11.4 Å². The number of benzene rings is 1. The molecule has 8 nitrogen and oxygen atoms in total. The van der Waals surface area contributed by atoms with Crippen LogP contribution in [0.1, 0.15) is 57.8 Å². The Hall–Kier alpha value is -3.55. The van der Waals surface area contributed by atoms with Crippen LogP contribution in [-0.2, 0) is 23.0 Å². The predicted molar refractivity (Wildman–Crippen MR) is 111 cm³/mol. The molecule has 0 radical (unpaired) electrons. The topological polar surface area (TPSA) is 124 Å². The summed E-state index contributed by atoms with van der Waals surface area (Å²) in [6, 6.07) is 7.07. The number of rotatable bonds is 5. The van der Waals surface area contributed by atoms with Gasteiger partial charge in [-0.1, -0.05) is 26.0 Å². The summed E-state index contributed by atoms with van der Waals surface area (Å²) in [6.07, 6.45) is 3.31. The Morgan fingerprint density at radius 2 is 1.93 bits per heavy atom. The van der Waals surface area contributed by atoms with Crippen LogP contribution in [-0.4, -0.2) is 39.0 Å². The third-order valence-electron chi connectivity index (χ3n) is 5.48. The van der Waals surface area contributed by atoms with E-state index in [1.807, 2.05) is 12.1 Å². The highest BCUT2D eigenvalue weighted by molar-refractivity contribution is 5.98. The number of aromatic amines is 1. The maximum atomic E-state index is 13.0. The zero-order valence-corrected chi connectivity index (χ0v) is 17.2. The van der Waals surface area contributed by atoms with Crippen molar-refractivity contribution in [2.45, 2.75) is 38.5 Å². The Morgan fingerprint density at radius 3 is 2.63 bits per heavy atom. The highest BCUT2D eigenvalue weighted by Crippen LogP contribution is 2.42. The maximum absolute atomic E-state index is 13.0. The van der Waals surface area contributed by atoms with Gasteiger partial charge in [-0.25, -0.2) is 14.8 Å². The summed E-state index contributed by atoms with van der Waals surface area (Å²) in [5.41, 5.74) is 10.6. The van der Waals surface area contributed by atoms with Gasteiger partial charge in [0.2, 0.25) is 5.95 Å². The van der Waals surface area contributed by atoms with Crippen LogP contribution in [0.15, 0.2) is 30.5 Å². The average Bonchev–Trinajstić information content (AvgIpc) is 3.19. The lowest BCUT2D eigenvalue weighted by molar-refractivity contribution is 0.0600. The normalized spacial score (nSPS) is 14.0. The van der Waals surface area contributed by atoms with E-state index in [1.165, 1.54) is 7.11 Å². The number of aryl methyl sites for hydroxylation is 1. The smallest absolute Gasteiger partial charge is 0.337 e. The van der Waals surface area contributed by atoms with Crippen molar-refractivity contribution in [2.24, 2.45) is 0 Å². The number of hydrogen-bond donors (Lipinski definition) is 2. The minimum atomic E-state index is -0.381. The van der Waals surface area contributed by atoms with Gasteiger partial charge in [-0.05, 0) is 41.5 Å². The molecule has 0 unspecified atom stereocenters. The van der Waals surface area contributed by atoms with E-state index in [0.717, 1.165) is 16.7 Å². The van der Waals surface area contributed by atoms with Crippen LogP contribution in [0.3, 0.4) is 0 Å². The summed E-state index contributed by atoms with van der Waals surface area (Å²) in [7, 11) is 1.35. The first-order valence-corrected chi connectivity index (χ1v) is 9.71. The molecule has 3 aromatic rings. The number of fused-ring (bicyclic) bond motifs is 3. The molecule has 3 N–H and O–H groups in total. The summed E-state index contributed by atoms with van der Waals surface area (Å²) in [6.45, 7) is 4.17. The van der Waals surface area contributed by atoms with Crippen molar-refractivity contribution >= 4 is 17.7 Å². The largest absolute Gasteiger partial charge is 0.465 e. The number of ether oxygens (including phenoxy) is 1. The predicted octanol–water partition coefficient (Wildman–Crippen LogP) is 2.88. The van der Waals surface area contributed by atoms with Gasteiger partial charge in [-0.2, -0.15) is 5.10 Å². The number of nitrogens with zero attached hydrogens (tertiary/aromatic N) is 3. The van der Waals surface area contributed by atoms with Crippen molar-refractivity contribution in [3.05, 3.63) is 58.4 Å². The molecule has 4 rings (SSSR count). The second kappa shape index (κ2) is 7.37. The van der Waals surface area contributed by atoms with Crippen LogP contribution >= 0.6 is 0 Å². The molecular weight excluding hydrogens is 382 g/mol. The molecule has 8 heteroatoms. The van der Waals surface area contributed by atoms with Gasteiger partial charge in [0.25, 0.3) is 0 Å². The van der Waals surface area contributed by atoms with Gasteiger partial charge in [0.1, 0.15) is 11.4 Å². The average molecular weight is 405 g/mol. The Balaban J connectivity index is 1.57. The molecule has 0 saturated heterocycles. The first-order valence-electron chi connectivity index (χ1n) is 9.71. The molecule has 0 amide bonds. The molecule has 0 saturated carbocycles. The van der Waals surface area contributed by atoms with Gasteiger partial charge in [0.05, 0.1) is 18.4 Å². The van der Waals surface area contributed by atoms with Gasteiger partial charge in [-0.15, -0.1) is 0 Å². The van der Waals surface area contributed by atoms with Gasteiger partial charge in [0.15, 0.2) is 5.78 Å². The van der Waals surface area contributed by atoms with Crippen molar-refractivity contribution in [2.75, 3.05) is 12.8 Å². The molecule has 1 aromatic carbocycles. The number of esters is 1. The Morgan fingerprint density at radius 1 is 1.20 bits per heavy atom. The lowest BCUT2D eigenvalue weighted by atomic mass is 9.72. The Bertz CT molecular complexity index is 1130. The molecule has 30 heavy (non-hydrogen) atoms. The number of carbonyl (C=O) groups is 2. The molecular formula is C22H23N5O3. The summed E-state index contributed by atoms with van der Waals surface area (Å²) in [5.74, 6) is -0.210. The minimum Gasteiger partial charge on any atom is -0.465 e. The fraction of sp³-hybridized carbons (Fsp3) is 0.318. The zero-order chi connectivity index (χ0) is 21.5. The van der Waals surface area contributed by atoms with Crippen LogP contribution in [0.4, 0.5) is 5.95 Å². The van der Waals surface area contributed by atoms with Crippen molar-refractivity contribution in [1.29, 1.82) is 0 Å². The van der Waals surface area contributed by atoms with E-state index < -0.39 is 0 Å². The van der Waals surface area contributed by atoms with Gasteiger partial charge < -0.3 is 10.5 Å². The number of nitrogens with two attached hydrogens (primary N) is 1. The number of nitrogen functional groups attached to an aromatic ring is 1. The third kappa shape index (κ3) is 3.45. The number of ketones is 1. The molecule has 1 aliphatic carbocycles. The van der Waals surface area contributed by atoms with E-state index in [0.29, 0.717) is 41.9 Å². The van der Waals surface area contributed by atoms with Crippen molar-refractivity contribution < 1.29 is 14.3 Å².